The highest BCUT2D eigenvalue weighted by Crippen LogP contribution is 2.21. The van der Waals surface area contributed by atoms with E-state index in [2.05, 4.69) is 6.92 Å². The molecule has 0 amide bonds. The average Bonchev–Trinajstić information content (AvgIpc) is 2.85. The van der Waals surface area contributed by atoms with Gasteiger partial charge < -0.3 is 4.57 Å². The van der Waals surface area contributed by atoms with Crippen molar-refractivity contribution >= 4 is 17.4 Å². The van der Waals surface area contributed by atoms with Gasteiger partial charge in [-0.3, -0.25) is 9.69 Å². The zero-order chi connectivity index (χ0) is 14.7. The van der Waals surface area contributed by atoms with Gasteiger partial charge in [-0.05, 0) is 43.8 Å². The summed E-state index contributed by atoms with van der Waals surface area (Å²) in [5, 5.41) is 0.725. The molecule has 1 aromatic heterocycles. The molecule has 0 radical (unpaired) electrons. The minimum Gasteiger partial charge on any atom is -0.348 e. The summed E-state index contributed by atoms with van der Waals surface area (Å²) in [6.07, 6.45) is 1.88. The minimum atomic E-state index is 0.126. The van der Waals surface area contributed by atoms with Crippen molar-refractivity contribution in [3.05, 3.63) is 58.9 Å². The van der Waals surface area contributed by atoms with E-state index < -0.39 is 0 Å². The van der Waals surface area contributed by atoms with E-state index in [4.69, 9.17) is 11.6 Å². The van der Waals surface area contributed by atoms with Crippen LogP contribution in [-0.2, 0) is 7.05 Å². The van der Waals surface area contributed by atoms with Gasteiger partial charge in [0.05, 0.1) is 12.2 Å². The summed E-state index contributed by atoms with van der Waals surface area (Å²) in [7, 11) is 3.84. The van der Waals surface area contributed by atoms with Crippen LogP contribution >= 0.6 is 11.6 Å². The second kappa shape index (κ2) is 6.25. The van der Waals surface area contributed by atoms with Gasteiger partial charge in [0.2, 0.25) is 0 Å². The molecule has 0 saturated heterocycles. The molecule has 0 spiro atoms. The summed E-state index contributed by atoms with van der Waals surface area (Å²) in [4.78, 5) is 14.3. The van der Waals surface area contributed by atoms with E-state index in [1.807, 2.05) is 66.2 Å². The van der Waals surface area contributed by atoms with Crippen LogP contribution in [0.25, 0.3) is 0 Å². The maximum Gasteiger partial charge on any atom is 0.193 e. The van der Waals surface area contributed by atoms with E-state index in [0.29, 0.717) is 6.54 Å². The molecule has 2 aromatic rings. The molecule has 4 heteroatoms. The van der Waals surface area contributed by atoms with Gasteiger partial charge in [0, 0.05) is 24.3 Å². The number of halogens is 1. The molecule has 20 heavy (non-hydrogen) atoms. The molecule has 2 rings (SSSR count). The molecule has 1 aromatic carbocycles. The number of hydrogen-bond donors (Lipinski definition) is 0. The van der Waals surface area contributed by atoms with Crippen molar-refractivity contribution in [2.75, 3.05) is 13.6 Å². The zero-order valence-electron chi connectivity index (χ0n) is 12.0. The molecule has 106 valence electrons. The largest absolute Gasteiger partial charge is 0.348 e. The number of ketones is 1. The van der Waals surface area contributed by atoms with Crippen molar-refractivity contribution in [1.29, 1.82) is 0 Å². The van der Waals surface area contributed by atoms with Gasteiger partial charge >= 0.3 is 0 Å². The predicted molar refractivity (Wildman–Crippen MR) is 82.2 cm³/mol. The number of aromatic nitrogens is 1. The molecule has 0 fully saturated rings. The van der Waals surface area contributed by atoms with E-state index in [1.165, 1.54) is 0 Å². The van der Waals surface area contributed by atoms with E-state index in [-0.39, 0.29) is 11.8 Å². The first-order valence-corrected chi connectivity index (χ1v) is 6.97. The maximum atomic E-state index is 12.2. The molecule has 0 saturated carbocycles. The van der Waals surface area contributed by atoms with E-state index in [9.17, 15) is 4.79 Å². The summed E-state index contributed by atoms with van der Waals surface area (Å²) in [6.45, 7) is 2.48. The standard InChI is InChI=1S/C16H19ClN2O/c1-12(13-6-8-14(17)9-7-13)19(3)11-16(20)15-5-4-10-18(15)2/h4-10,12H,11H2,1-3H3. The summed E-state index contributed by atoms with van der Waals surface area (Å²) in [6, 6.07) is 11.6. The van der Waals surface area contributed by atoms with E-state index in [1.54, 1.807) is 0 Å². The highest BCUT2D eigenvalue weighted by molar-refractivity contribution is 6.30. The Balaban J connectivity index is 2.04. The maximum absolute atomic E-state index is 12.2. The zero-order valence-corrected chi connectivity index (χ0v) is 12.8. The first kappa shape index (κ1) is 14.8. The molecule has 3 nitrogen and oxygen atoms in total. The fraction of sp³-hybridized carbons (Fsp3) is 0.312. The first-order chi connectivity index (χ1) is 9.49. The van der Waals surface area contributed by atoms with Crippen LogP contribution in [0, 0.1) is 0 Å². The van der Waals surface area contributed by atoms with Gasteiger partial charge in [-0.15, -0.1) is 0 Å². The number of Topliss-reactive ketones (excluding diaryl/α,β-unsaturated/α-hetero) is 1. The van der Waals surface area contributed by atoms with Gasteiger partial charge in [-0.1, -0.05) is 23.7 Å². The lowest BCUT2D eigenvalue weighted by molar-refractivity contribution is 0.0916. The number of carbonyl (C=O) groups is 1. The molecule has 1 atom stereocenters. The Morgan fingerprint density at radius 3 is 2.50 bits per heavy atom. The van der Waals surface area contributed by atoms with Crippen LogP contribution in [0.1, 0.15) is 29.0 Å². The second-order valence-corrected chi connectivity index (χ2v) is 5.51. The number of rotatable bonds is 5. The van der Waals surface area contributed by atoms with Crippen LogP contribution in [0.5, 0.6) is 0 Å². The Morgan fingerprint density at radius 1 is 1.30 bits per heavy atom. The van der Waals surface area contributed by atoms with Crippen LogP contribution in [0.4, 0.5) is 0 Å². The molecular weight excluding hydrogens is 272 g/mol. The Morgan fingerprint density at radius 2 is 1.95 bits per heavy atom. The van der Waals surface area contributed by atoms with E-state index >= 15 is 0 Å². The van der Waals surface area contributed by atoms with Crippen molar-refractivity contribution in [2.24, 2.45) is 7.05 Å². The van der Waals surface area contributed by atoms with Crippen molar-refractivity contribution < 1.29 is 4.79 Å². The van der Waals surface area contributed by atoms with Crippen molar-refractivity contribution in [3.63, 3.8) is 0 Å². The van der Waals surface area contributed by atoms with Crippen LogP contribution < -0.4 is 0 Å². The summed E-state index contributed by atoms with van der Waals surface area (Å²) in [5.74, 6) is 0.126. The molecule has 0 aliphatic heterocycles. The Labute approximate surface area is 124 Å². The lowest BCUT2D eigenvalue weighted by atomic mass is 10.1. The number of hydrogen-bond acceptors (Lipinski definition) is 2. The van der Waals surface area contributed by atoms with Crippen LogP contribution in [0.3, 0.4) is 0 Å². The molecule has 0 aliphatic carbocycles. The SMILES string of the molecule is CC(c1ccc(Cl)cc1)N(C)CC(=O)c1cccn1C. The topological polar surface area (TPSA) is 25.2 Å². The second-order valence-electron chi connectivity index (χ2n) is 5.07. The minimum absolute atomic E-state index is 0.126. The average molecular weight is 291 g/mol. The van der Waals surface area contributed by atoms with Gasteiger partial charge in [-0.2, -0.15) is 0 Å². The van der Waals surface area contributed by atoms with Crippen LogP contribution in [0.15, 0.2) is 42.6 Å². The van der Waals surface area contributed by atoms with Gasteiger partial charge in [0.15, 0.2) is 5.78 Å². The normalized spacial score (nSPS) is 12.7. The Kier molecular flexibility index (Phi) is 4.63. The molecule has 1 unspecified atom stereocenters. The predicted octanol–water partition coefficient (Wildman–Crippen LogP) is 3.55. The van der Waals surface area contributed by atoms with Crippen LogP contribution in [0.2, 0.25) is 5.02 Å². The summed E-state index contributed by atoms with van der Waals surface area (Å²) in [5.41, 5.74) is 1.89. The fourth-order valence-corrected chi connectivity index (χ4v) is 2.32. The van der Waals surface area contributed by atoms with E-state index in [0.717, 1.165) is 16.3 Å². The number of benzene rings is 1. The summed E-state index contributed by atoms with van der Waals surface area (Å²) >= 11 is 5.89. The number of aryl methyl sites for hydroxylation is 1. The lowest BCUT2D eigenvalue weighted by Gasteiger charge is -2.24. The molecule has 0 N–H and O–H groups in total. The number of carbonyl (C=O) groups excluding carboxylic acids is 1. The third kappa shape index (κ3) is 3.30. The third-order valence-electron chi connectivity index (χ3n) is 3.64. The summed E-state index contributed by atoms with van der Waals surface area (Å²) < 4.78 is 1.85. The van der Waals surface area contributed by atoms with Crippen molar-refractivity contribution in [2.45, 2.75) is 13.0 Å². The molecule has 0 aliphatic rings. The molecule has 1 heterocycles. The monoisotopic (exact) mass is 290 g/mol. The lowest BCUT2D eigenvalue weighted by Crippen LogP contribution is -2.29. The quantitative estimate of drug-likeness (QED) is 0.787. The van der Waals surface area contributed by atoms with Crippen molar-refractivity contribution in [1.82, 2.24) is 9.47 Å². The molecular formula is C16H19ClN2O. The Hall–Kier alpha value is -1.58. The van der Waals surface area contributed by atoms with Crippen LogP contribution in [-0.4, -0.2) is 28.8 Å². The van der Waals surface area contributed by atoms with Gasteiger partial charge in [0.1, 0.15) is 0 Å². The number of nitrogens with zero attached hydrogens (tertiary/aromatic N) is 2. The smallest absolute Gasteiger partial charge is 0.193 e. The Bertz CT molecular complexity index is 589. The van der Waals surface area contributed by atoms with Crippen molar-refractivity contribution in [3.8, 4) is 0 Å². The highest BCUT2D eigenvalue weighted by atomic mass is 35.5. The first-order valence-electron chi connectivity index (χ1n) is 6.59. The fourth-order valence-electron chi connectivity index (χ4n) is 2.19. The number of likely N-dealkylation sites (N-methyl/N-ethyl adjacent to an activating group) is 1. The third-order valence-corrected chi connectivity index (χ3v) is 3.89. The van der Waals surface area contributed by atoms with Gasteiger partial charge in [0.25, 0.3) is 0 Å². The van der Waals surface area contributed by atoms with Gasteiger partial charge in [-0.25, -0.2) is 0 Å². The molecule has 0 bridgehead atoms. The highest BCUT2D eigenvalue weighted by Gasteiger charge is 2.17.